The van der Waals surface area contributed by atoms with Crippen LogP contribution in [-0.2, 0) is 79.3 Å². The van der Waals surface area contributed by atoms with Gasteiger partial charge in [-0.15, -0.1) is 0 Å². The number of hydrogen-bond donors (Lipinski definition) is 9. The highest BCUT2D eigenvalue weighted by Crippen LogP contribution is 2.72. The molecule has 22 heteroatoms. The van der Waals surface area contributed by atoms with Gasteiger partial charge in [-0.1, -0.05) is 152 Å². The van der Waals surface area contributed by atoms with E-state index in [0.717, 1.165) is 0 Å². The van der Waals surface area contributed by atoms with Crippen LogP contribution in [0.25, 0.3) is 0 Å². The third-order valence-electron chi connectivity index (χ3n) is 11.6. The molecular formula is C51H62N2O18P2. The molecule has 0 aliphatic carbocycles. The second-order valence-corrected chi connectivity index (χ2v) is 21.8. The van der Waals surface area contributed by atoms with Gasteiger partial charge in [0.15, 0.2) is 11.7 Å². The minimum absolute atomic E-state index is 0.214. The zero-order valence-electron chi connectivity index (χ0n) is 39.6. The molecule has 6 rings (SSSR count). The maximum atomic E-state index is 15.7. The van der Waals surface area contributed by atoms with Crippen molar-refractivity contribution in [1.29, 1.82) is 0 Å². The number of carbonyl (C=O) groups excluding carboxylic acids is 2. The molecule has 0 saturated carbocycles. The lowest BCUT2D eigenvalue weighted by Gasteiger charge is -2.44. The quantitative estimate of drug-likeness (QED) is 0.0316. The molecule has 1 heterocycles. The van der Waals surface area contributed by atoms with Gasteiger partial charge in [0.2, 0.25) is 5.91 Å². The summed E-state index contributed by atoms with van der Waals surface area (Å²) in [5.41, 5.74) is 2.74. The number of carbonyl (C=O) groups is 2. The molecule has 73 heavy (non-hydrogen) atoms. The number of aliphatic hydroxyl groups is 7. The van der Waals surface area contributed by atoms with Gasteiger partial charge >= 0.3 is 21.3 Å². The van der Waals surface area contributed by atoms with Crippen LogP contribution in [0.5, 0.6) is 0 Å². The summed E-state index contributed by atoms with van der Waals surface area (Å²) in [6.45, 7) is -4.71. The van der Waals surface area contributed by atoms with E-state index in [9.17, 15) is 45.3 Å². The Morgan fingerprint density at radius 1 is 0.575 bits per heavy atom. The first-order valence-electron chi connectivity index (χ1n) is 23.3. The van der Waals surface area contributed by atoms with Crippen molar-refractivity contribution in [3.63, 3.8) is 0 Å². The van der Waals surface area contributed by atoms with Crippen LogP contribution in [0.4, 0.5) is 4.79 Å². The highest BCUT2D eigenvalue weighted by Gasteiger charge is 2.53. The molecule has 0 aromatic heterocycles. The molecule has 1 fully saturated rings. The number of amides is 2. The first-order valence-corrected chi connectivity index (χ1v) is 26.5. The van der Waals surface area contributed by atoms with Crippen LogP contribution in [0.15, 0.2) is 152 Å². The number of ether oxygens (including phenoxy) is 3. The second-order valence-electron chi connectivity index (χ2n) is 16.9. The van der Waals surface area contributed by atoms with E-state index < -0.39 is 114 Å². The maximum Gasteiger partial charge on any atom is 0.407 e. The third-order valence-corrected chi connectivity index (χ3v) is 17.1. The van der Waals surface area contributed by atoms with Crippen LogP contribution in [0, 0.1) is 0 Å². The van der Waals surface area contributed by atoms with Gasteiger partial charge in [-0.2, -0.15) is 0 Å². The summed E-state index contributed by atoms with van der Waals surface area (Å²) in [4.78, 5) is 27.6. The monoisotopic (exact) mass is 1050 g/mol. The molecule has 9 atom stereocenters. The van der Waals surface area contributed by atoms with Gasteiger partial charge in [0, 0.05) is 0 Å². The molecule has 0 spiro atoms. The molecular weight excluding hydrogens is 991 g/mol. The topological polar surface area (TPSA) is 299 Å². The van der Waals surface area contributed by atoms with Gasteiger partial charge in [-0.05, 0) is 27.8 Å². The summed E-state index contributed by atoms with van der Waals surface area (Å²) in [5, 5.41) is 78.4. The predicted molar refractivity (Wildman–Crippen MR) is 263 cm³/mol. The zero-order chi connectivity index (χ0) is 52.2. The number of benzene rings is 5. The van der Waals surface area contributed by atoms with Crippen molar-refractivity contribution in [2.75, 3.05) is 19.8 Å². The Bertz CT molecular complexity index is 2310. The molecule has 9 N–H and O–H groups in total. The fraction of sp³-hybridized carbons (Fsp3) is 0.373. The van der Waals surface area contributed by atoms with Gasteiger partial charge in [-0.3, -0.25) is 13.9 Å². The average molecular weight is 1050 g/mol. The fourth-order valence-corrected chi connectivity index (χ4v) is 12.7. The summed E-state index contributed by atoms with van der Waals surface area (Å²) >= 11 is 0. The van der Waals surface area contributed by atoms with Crippen molar-refractivity contribution in [1.82, 2.24) is 10.6 Å². The zero-order valence-corrected chi connectivity index (χ0v) is 41.4. The lowest BCUT2D eigenvalue weighted by molar-refractivity contribution is -0.299. The number of hydrogen-bond acceptors (Lipinski definition) is 18. The second kappa shape index (κ2) is 28.5. The maximum absolute atomic E-state index is 15.7. The van der Waals surface area contributed by atoms with Crippen molar-refractivity contribution in [2.45, 2.75) is 99.9 Å². The normalized spacial score (nSPS) is 19.9. The van der Waals surface area contributed by atoms with Crippen molar-refractivity contribution < 1.29 is 86.8 Å². The smallest absolute Gasteiger partial charge is 0.407 e. The minimum atomic E-state index is -4.90. The van der Waals surface area contributed by atoms with Crippen LogP contribution < -0.4 is 10.6 Å². The SMILES string of the molecule is O=C(CC(P(=O)(OCc1ccccc1)OCc1ccccc1)P(=O)(OCc1ccccc1)OCc1ccccc1)NC(CO)[C@H](O)[C@H](O[C@@H]1OC(CO)[C@@H](O)[C@@H](O)C1NC(=O)OCc1ccccc1)C(O)CO. The number of alkyl carbamates (subject to hydrolysis) is 1. The standard InChI is InChI=1S/C51H62N2O18P2/c54-27-40(46(59)49(41(57)28-55)71-50-45(48(61)47(60)42(29-56)70-50)53-51(62)65-30-35-16-6-1-7-17-35)52-43(58)26-44(72(63,66-31-36-18-8-2-9-19-36)67-32-37-20-10-3-11-21-37)73(64,68-33-38-22-12-4-13-23-38)69-34-39-24-14-5-15-25-39/h1-25,40-42,44-50,54-57,59-61H,26-34H2,(H,52,58)(H,53,62)/t40?,41?,42?,45?,46-,47+,48-,49+,50-/m0/s1. The van der Waals surface area contributed by atoms with Gasteiger partial charge in [0.1, 0.15) is 49.3 Å². The molecule has 1 saturated heterocycles. The molecule has 20 nitrogen and oxygen atoms in total. The van der Waals surface area contributed by atoms with Crippen molar-refractivity contribution in [2.24, 2.45) is 0 Å². The van der Waals surface area contributed by atoms with Crippen molar-refractivity contribution in [3.8, 4) is 0 Å². The lowest BCUT2D eigenvalue weighted by atomic mass is 9.96. The van der Waals surface area contributed by atoms with Gasteiger partial charge in [-0.25, -0.2) is 4.79 Å². The van der Waals surface area contributed by atoms with Crippen LogP contribution in [0.1, 0.15) is 34.2 Å². The van der Waals surface area contributed by atoms with Crippen LogP contribution in [-0.4, -0.2) is 128 Å². The molecule has 0 bridgehead atoms. The Kier molecular flexibility index (Phi) is 22.2. The summed E-state index contributed by atoms with van der Waals surface area (Å²) < 4.78 is 72.8. The molecule has 2 amide bonds. The van der Waals surface area contributed by atoms with E-state index in [2.05, 4.69) is 10.6 Å². The first-order chi connectivity index (χ1) is 35.2. The van der Waals surface area contributed by atoms with Crippen LogP contribution >= 0.6 is 15.2 Å². The summed E-state index contributed by atoms with van der Waals surface area (Å²) in [6.07, 6.45) is -15.6. The lowest BCUT2D eigenvalue weighted by Crippen LogP contribution is -2.66. The summed E-state index contributed by atoms with van der Waals surface area (Å²) in [5.74, 6) is -1.13. The van der Waals surface area contributed by atoms with Gasteiger partial charge in [0.05, 0.1) is 58.7 Å². The molecule has 1 aliphatic rings. The molecule has 0 radical (unpaired) electrons. The number of aliphatic hydroxyl groups excluding tert-OH is 7. The Balaban J connectivity index is 1.31. The van der Waals surface area contributed by atoms with E-state index >= 15 is 9.13 Å². The van der Waals surface area contributed by atoms with E-state index in [-0.39, 0.29) is 33.0 Å². The van der Waals surface area contributed by atoms with E-state index in [1.54, 1.807) is 152 Å². The first kappa shape index (κ1) is 57.1. The molecule has 5 aromatic carbocycles. The number of rotatable bonds is 28. The summed E-state index contributed by atoms with van der Waals surface area (Å²) in [7, 11) is -9.80. The van der Waals surface area contributed by atoms with Crippen LogP contribution in [0.2, 0.25) is 0 Å². The Hall–Kier alpha value is -5.22. The highest BCUT2D eigenvalue weighted by atomic mass is 31.2. The number of nitrogens with one attached hydrogen (secondary N) is 2. The van der Waals surface area contributed by atoms with Gasteiger partial charge < -0.3 is 78.7 Å². The average Bonchev–Trinajstić information content (AvgIpc) is 3.43. The van der Waals surface area contributed by atoms with Crippen LogP contribution in [0.3, 0.4) is 0 Å². The Morgan fingerprint density at radius 3 is 1.34 bits per heavy atom. The highest BCUT2D eigenvalue weighted by molar-refractivity contribution is 7.72. The predicted octanol–water partition coefficient (Wildman–Crippen LogP) is 4.27. The summed E-state index contributed by atoms with van der Waals surface area (Å²) in [6, 6.07) is 39.3. The van der Waals surface area contributed by atoms with Crippen molar-refractivity contribution >= 4 is 27.2 Å². The molecule has 4 unspecified atom stereocenters. The molecule has 394 valence electrons. The van der Waals surface area contributed by atoms with Gasteiger partial charge in [0.25, 0.3) is 0 Å². The third kappa shape index (κ3) is 16.6. The Morgan fingerprint density at radius 2 is 0.973 bits per heavy atom. The fourth-order valence-electron chi connectivity index (χ4n) is 7.58. The van der Waals surface area contributed by atoms with E-state index in [1.165, 1.54) is 0 Å². The minimum Gasteiger partial charge on any atom is -0.445 e. The largest absolute Gasteiger partial charge is 0.445 e. The van der Waals surface area contributed by atoms with Crippen molar-refractivity contribution in [3.05, 3.63) is 179 Å². The van der Waals surface area contributed by atoms with E-state index in [4.69, 9.17) is 32.3 Å². The van der Waals surface area contributed by atoms with E-state index in [1.807, 2.05) is 0 Å². The Labute approximate surface area is 422 Å². The van der Waals surface area contributed by atoms with E-state index in [0.29, 0.717) is 27.8 Å². The molecule has 1 aliphatic heterocycles. The molecule has 5 aromatic rings.